The van der Waals surface area contributed by atoms with E-state index in [2.05, 4.69) is 4.74 Å². The molecule has 0 aromatic heterocycles. The summed E-state index contributed by atoms with van der Waals surface area (Å²) in [5.41, 5.74) is 0. The number of halogens is 3. The van der Waals surface area contributed by atoms with Crippen LogP contribution in [0, 0.1) is 11.8 Å². The van der Waals surface area contributed by atoms with Crippen LogP contribution in [-0.4, -0.2) is 6.36 Å². The summed E-state index contributed by atoms with van der Waals surface area (Å²) in [4.78, 5) is 0. The summed E-state index contributed by atoms with van der Waals surface area (Å²) < 4.78 is 39.1. The van der Waals surface area contributed by atoms with Crippen molar-refractivity contribution in [2.45, 2.75) is 20.2 Å². The van der Waals surface area contributed by atoms with Crippen LogP contribution in [-0.2, 0) is 4.74 Å². The molecule has 2 atom stereocenters. The lowest BCUT2D eigenvalue weighted by molar-refractivity contribution is -0.303. The zero-order valence-electron chi connectivity index (χ0n) is 7.43. The molecule has 0 radical (unpaired) electrons. The minimum Gasteiger partial charge on any atom is -0.406 e. The molecule has 0 fully saturated rings. The van der Waals surface area contributed by atoms with Crippen molar-refractivity contribution in [1.82, 2.24) is 0 Å². The Morgan fingerprint density at radius 2 is 1.85 bits per heavy atom. The third-order valence-corrected chi connectivity index (χ3v) is 2.05. The molecular weight excluding hydrogens is 181 g/mol. The van der Waals surface area contributed by atoms with Gasteiger partial charge in [-0.1, -0.05) is 19.9 Å². The highest BCUT2D eigenvalue weighted by molar-refractivity contribution is 5.19. The molecule has 1 aliphatic rings. The van der Waals surface area contributed by atoms with Gasteiger partial charge in [0.2, 0.25) is 0 Å². The molecule has 0 saturated heterocycles. The Morgan fingerprint density at radius 3 is 2.31 bits per heavy atom. The van der Waals surface area contributed by atoms with E-state index in [0.717, 1.165) is 0 Å². The molecule has 0 amide bonds. The van der Waals surface area contributed by atoms with Crippen molar-refractivity contribution < 1.29 is 17.9 Å². The first kappa shape index (κ1) is 10.2. The molecule has 0 spiro atoms. The maximum atomic E-state index is 11.8. The molecular formula is C9H11F3O. The first-order valence-corrected chi connectivity index (χ1v) is 4.04. The van der Waals surface area contributed by atoms with E-state index < -0.39 is 6.36 Å². The average Bonchev–Trinajstić information content (AvgIpc) is 1.94. The Labute approximate surface area is 74.9 Å². The lowest BCUT2D eigenvalue weighted by Gasteiger charge is -2.19. The van der Waals surface area contributed by atoms with Crippen molar-refractivity contribution in [3.63, 3.8) is 0 Å². The quantitative estimate of drug-likeness (QED) is 0.619. The van der Waals surface area contributed by atoms with Gasteiger partial charge in [0.15, 0.2) is 0 Å². The third-order valence-electron chi connectivity index (χ3n) is 2.05. The number of rotatable bonds is 1. The molecule has 1 rings (SSSR count). The van der Waals surface area contributed by atoms with Gasteiger partial charge in [-0.05, 0) is 24.0 Å². The summed E-state index contributed by atoms with van der Waals surface area (Å²) >= 11 is 0. The summed E-state index contributed by atoms with van der Waals surface area (Å²) in [7, 11) is 0. The van der Waals surface area contributed by atoms with Crippen LogP contribution in [0.4, 0.5) is 13.2 Å². The second-order valence-electron chi connectivity index (χ2n) is 3.19. The van der Waals surface area contributed by atoms with Crippen LogP contribution in [0.15, 0.2) is 24.0 Å². The van der Waals surface area contributed by atoms with Gasteiger partial charge in [0.25, 0.3) is 0 Å². The van der Waals surface area contributed by atoms with E-state index in [1.54, 1.807) is 6.08 Å². The lowest BCUT2D eigenvalue weighted by Crippen LogP contribution is -2.15. The van der Waals surface area contributed by atoms with Crippen molar-refractivity contribution in [2.24, 2.45) is 11.8 Å². The zero-order chi connectivity index (χ0) is 10.1. The standard InChI is InChI=1S/C9H11F3O/c1-6-3-4-8(5-7(6)2)13-9(10,11)12/h3-7H,1-2H3. The highest BCUT2D eigenvalue weighted by atomic mass is 19.4. The Kier molecular flexibility index (Phi) is 2.68. The molecule has 13 heavy (non-hydrogen) atoms. The molecule has 1 aliphatic carbocycles. The molecule has 1 nitrogen and oxygen atoms in total. The fourth-order valence-corrected chi connectivity index (χ4v) is 1.09. The van der Waals surface area contributed by atoms with Crippen LogP contribution in [0.3, 0.4) is 0 Å². The fraction of sp³-hybridized carbons (Fsp3) is 0.556. The van der Waals surface area contributed by atoms with E-state index in [1.807, 2.05) is 13.8 Å². The van der Waals surface area contributed by atoms with Crippen LogP contribution < -0.4 is 0 Å². The van der Waals surface area contributed by atoms with Gasteiger partial charge in [0.05, 0.1) is 0 Å². The molecule has 0 N–H and O–H groups in total. The van der Waals surface area contributed by atoms with Crippen LogP contribution >= 0.6 is 0 Å². The van der Waals surface area contributed by atoms with Crippen LogP contribution in [0.2, 0.25) is 0 Å². The molecule has 2 unspecified atom stereocenters. The number of allylic oxidation sites excluding steroid dienone is 3. The van der Waals surface area contributed by atoms with E-state index in [1.165, 1.54) is 12.2 Å². The lowest BCUT2D eigenvalue weighted by atomic mass is 9.91. The Morgan fingerprint density at radius 1 is 1.23 bits per heavy atom. The van der Waals surface area contributed by atoms with Crippen molar-refractivity contribution in [1.29, 1.82) is 0 Å². The molecule has 74 valence electrons. The van der Waals surface area contributed by atoms with Gasteiger partial charge in [0.1, 0.15) is 5.76 Å². The normalized spacial score (nSPS) is 28.5. The van der Waals surface area contributed by atoms with E-state index >= 15 is 0 Å². The predicted octanol–water partition coefficient (Wildman–Crippen LogP) is 3.25. The number of hydrogen-bond donors (Lipinski definition) is 0. The molecule has 0 bridgehead atoms. The Hall–Kier alpha value is -0.930. The van der Waals surface area contributed by atoms with E-state index in [4.69, 9.17) is 0 Å². The minimum absolute atomic E-state index is 0.0855. The second-order valence-corrected chi connectivity index (χ2v) is 3.19. The molecule has 0 aromatic carbocycles. The Bertz CT molecular complexity index is 240. The first-order chi connectivity index (χ1) is 5.88. The maximum Gasteiger partial charge on any atom is 0.573 e. The molecule has 0 heterocycles. The summed E-state index contributed by atoms with van der Waals surface area (Å²) in [6, 6.07) is 0. The van der Waals surface area contributed by atoms with Gasteiger partial charge in [-0.3, -0.25) is 0 Å². The molecule has 0 aromatic rings. The van der Waals surface area contributed by atoms with Crippen molar-refractivity contribution >= 4 is 0 Å². The topological polar surface area (TPSA) is 9.23 Å². The first-order valence-electron chi connectivity index (χ1n) is 4.04. The van der Waals surface area contributed by atoms with Crippen molar-refractivity contribution in [2.75, 3.05) is 0 Å². The molecule has 0 saturated carbocycles. The summed E-state index contributed by atoms with van der Waals surface area (Å²) in [6.45, 7) is 3.80. The number of ether oxygens (including phenoxy) is 1. The van der Waals surface area contributed by atoms with Crippen LogP contribution in [0.25, 0.3) is 0 Å². The summed E-state index contributed by atoms with van der Waals surface area (Å²) in [5.74, 6) is 0.237. The van der Waals surface area contributed by atoms with Crippen molar-refractivity contribution in [3.05, 3.63) is 24.0 Å². The van der Waals surface area contributed by atoms with Gasteiger partial charge >= 0.3 is 6.36 Å². The second kappa shape index (κ2) is 3.44. The van der Waals surface area contributed by atoms with E-state index in [0.29, 0.717) is 0 Å². The zero-order valence-corrected chi connectivity index (χ0v) is 7.43. The average molecular weight is 192 g/mol. The maximum absolute atomic E-state index is 11.8. The highest BCUT2D eigenvalue weighted by Crippen LogP contribution is 2.27. The number of hydrogen-bond acceptors (Lipinski definition) is 1. The van der Waals surface area contributed by atoms with Gasteiger partial charge in [-0.25, -0.2) is 0 Å². The molecule has 0 aliphatic heterocycles. The smallest absolute Gasteiger partial charge is 0.406 e. The number of alkyl halides is 3. The fourth-order valence-electron chi connectivity index (χ4n) is 1.09. The van der Waals surface area contributed by atoms with Crippen LogP contribution in [0.1, 0.15) is 13.8 Å². The van der Waals surface area contributed by atoms with Gasteiger partial charge < -0.3 is 4.74 Å². The summed E-state index contributed by atoms with van der Waals surface area (Å²) in [5, 5.41) is 0. The largest absolute Gasteiger partial charge is 0.573 e. The monoisotopic (exact) mass is 192 g/mol. The Balaban J connectivity index is 2.64. The summed E-state index contributed by atoms with van der Waals surface area (Å²) in [6.07, 6.45) is -0.0292. The minimum atomic E-state index is -4.59. The predicted molar refractivity (Wildman–Crippen MR) is 42.7 cm³/mol. The van der Waals surface area contributed by atoms with E-state index in [-0.39, 0.29) is 17.6 Å². The molecule has 4 heteroatoms. The van der Waals surface area contributed by atoms with Gasteiger partial charge in [-0.2, -0.15) is 0 Å². The van der Waals surface area contributed by atoms with E-state index in [9.17, 15) is 13.2 Å². The van der Waals surface area contributed by atoms with Gasteiger partial charge in [-0.15, -0.1) is 13.2 Å². The third kappa shape index (κ3) is 3.13. The van der Waals surface area contributed by atoms with Crippen molar-refractivity contribution in [3.8, 4) is 0 Å². The highest BCUT2D eigenvalue weighted by Gasteiger charge is 2.32. The SMILES string of the molecule is CC1C=CC(OC(F)(F)F)=CC1C. The van der Waals surface area contributed by atoms with Crippen LogP contribution in [0.5, 0.6) is 0 Å². The van der Waals surface area contributed by atoms with Gasteiger partial charge in [0, 0.05) is 0 Å².